The van der Waals surface area contributed by atoms with Crippen LogP contribution in [-0.4, -0.2) is 47.5 Å². The molecule has 94 valence electrons. The second kappa shape index (κ2) is 7.17. The van der Waals surface area contributed by atoms with Crippen molar-refractivity contribution in [3.63, 3.8) is 0 Å². The fourth-order valence-electron chi connectivity index (χ4n) is 1.99. The molecule has 1 N–H and O–H groups in total. The number of likely N-dealkylation sites (tertiary alicyclic amines) is 1. The molecule has 4 heteroatoms. The van der Waals surface area contributed by atoms with Crippen LogP contribution in [-0.2, 0) is 4.79 Å². The Morgan fingerprint density at radius 2 is 2.31 bits per heavy atom. The number of nitrogens with one attached hydrogen (secondary N) is 1. The minimum Gasteiger partial charge on any atom is -0.339 e. The lowest BCUT2D eigenvalue weighted by molar-refractivity contribution is -0.129. The van der Waals surface area contributed by atoms with Gasteiger partial charge in [0.15, 0.2) is 0 Å². The van der Waals surface area contributed by atoms with Crippen molar-refractivity contribution in [1.82, 2.24) is 10.2 Å². The first-order valence-electron chi connectivity index (χ1n) is 6.25. The molecule has 1 aliphatic heterocycles. The van der Waals surface area contributed by atoms with Crippen molar-refractivity contribution >= 4 is 17.7 Å². The number of rotatable bonds is 7. The maximum absolute atomic E-state index is 11.6. The second-order valence-electron chi connectivity index (χ2n) is 4.55. The number of thioether (sulfide) groups is 1. The number of carbonyl (C=O) groups is 1. The minimum absolute atomic E-state index is 0.301. The number of hydrogen-bond donors (Lipinski definition) is 1. The molecule has 1 saturated heterocycles. The first kappa shape index (κ1) is 13.8. The third-order valence-corrected chi connectivity index (χ3v) is 3.87. The van der Waals surface area contributed by atoms with Gasteiger partial charge in [-0.3, -0.25) is 4.79 Å². The molecule has 0 saturated carbocycles. The Morgan fingerprint density at radius 1 is 1.56 bits per heavy atom. The van der Waals surface area contributed by atoms with Crippen molar-refractivity contribution in [2.75, 3.05) is 24.6 Å². The van der Waals surface area contributed by atoms with Gasteiger partial charge >= 0.3 is 0 Å². The third kappa shape index (κ3) is 4.34. The summed E-state index contributed by atoms with van der Waals surface area (Å²) in [4.78, 5) is 13.6. The predicted octanol–water partition coefficient (Wildman–Crippen LogP) is 1.73. The minimum atomic E-state index is 0.301. The summed E-state index contributed by atoms with van der Waals surface area (Å²) in [6.45, 7) is 8.28. The van der Waals surface area contributed by atoms with E-state index in [0.717, 1.165) is 13.1 Å². The van der Waals surface area contributed by atoms with Crippen molar-refractivity contribution in [2.24, 2.45) is 0 Å². The Hall–Kier alpha value is -0.220. The molecule has 1 heterocycles. The third-order valence-electron chi connectivity index (χ3n) is 2.88. The van der Waals surface area contributed by atoms with Crippen molar-refractivity contribution in [3.05, 3.63) is 0 Å². The monoisotopic (exact) mass is 244 g/mol. The van der Waals surface area contributed by atoms with Gasteiger partial charge in [-0.25, -0.2) is 0 Å². The van der Waals surface area contributed by atoms with E-state index in [-0.39, 0.29) is 0 Å². The molecule has 1 aliphatic rings. The van der Waals surface area contributed by atoms with Crippen LogP contribution < -0.4 is 5.32 Å². The van der Waals surface area contributed by atoms with Crippen molar-refractivity contribution in [2.45, 2.75) is 45.7 Å². The van der Waals surface area contributed by atoms with Gasteiger partial charge in [-0.05, 0) is 38.3 Å². The van der Waals surface area contributed by atoms with Crippen LogP contribution >= 0.6 is 11.8 Å². The van der Waals surface area contributed by atoms with E-state index in [4.69, 9.17) is 0 Å². The van der Waals surface area contributed by atoms with E-state index in [9.17, 15) is 4.79 Å². The van der Waals surface area contributed by atoms with E-state index in [0.29, 0.717) is 24.4 Å². The van der Waals surface area contributed by atoms with Crippen LogP contribution in [0.5, 0.6) is 0 Å². The Bertz CT molecular complexity index is 221. The molecular formula is C12H24N2OS. The highest BCUT2D eigenvalue weighted by Crippen LogP contribution is 2.14. The zero-order chi connectivity index (χ0) is 12.0. The SMILES string of the molecule is CCSCCCNC1CC(=O)N(C(C)C)C1. The lowest BCUT2D eigenvalue weighted by Crippen LogP contribution is -2.36. The van der Waals surface area contributed by atoms with Gasteiger partial charge < -0.3 is 10.2 Å². The van der Waals surface area contributed by atoms with Crippen LogP contribution in [0.15, 0.2) is 0 Å². The van der Waals surface area contributed by atoms with E-state index in [2.05, 4.69) is 26.1 Å². The Balaban J connectivity index is 2.13. The molecule has 0 bridgehead atoms. The fourth-order valence-corrected chi connectivity index (χ4v) is 2.63. The van der Waals surface area contributed by atoms with E-state index in [1.807, 2.05) is 16.7 Å². The molecule has 3 nitrogen and oxygen atoms in total. The van der Waals surface area contributed by atoms with Crippen molar-refractivity contribution in [3.8, 4) is 0 Å². The topological polar surface area (TPSA) is 32.3 Å². The fraction of sp³-hybridized carbons (Fsp3) is 0.917. The summed E-state index contributed by atoms with van der Waals surface area (Å²) in [6, 6.07) is 0.719. The first-order valence-corrected chi connectivity index (χ1v) is 7.41. The van der Waals surface area contributed by atoms with Crippen LogP contribution in [0.2, 0.25) is 0 Å². The zero-order valence-corrected chi connectivity index (χ0v) is 11.5. The van der Waals surface area contributed by atoms with Gasteiger partial charge in [0.1, 0.15) is 0 Å². The van der Waals surface area contributed by atoms with E-state index in [1.54, 1.807) is 0 Å². The van der Waals surface area contributed by atoms with Gasteiger partial charge in [-0.1, -0.05) is 6.92 Å². The van der Waals surface area contributed by atoms with Gasteiger partial charge in [-0.2, -0.15) is 11.8 Å². The molecule has 0 aliphatic carbocycles. The highest BCUT2D eigenvalue weighted by Gasteiger charge is 2.30. The summed E-state index contributed by atoms with van der Waals surface area (Å²) < 4.78 is 0. The number of amides is 1. The summed E-state index contributed by atoms with van der Waals surface area (Å²) in [6.07, 6.45) is 1.88. The molecule has 1 amide bonds. The lowest BCUT2D eigenvalue weighted by Gasteiger charge is -2.21. The maximum Gasteiger partial charge on any atom is 0.224 e. The van der Waals surface area contributed by atoms with Gasteiger partial charge in [-0.15, -0.1) is 0 Å². The summed E-state index contributed by atoms with van der Waals surface area (Å²) in [5.41, 5.74) is 0. The average molecular weight is 244 g/mol. The Labute approximate surface area is 103 Å². The molecule has 0 radical (unpaired) electrons. The summed E-state index contributed by atoms with van der Waals surface area (Å²) in [5.74, 6) is 2.72. The normalized spacial score (nSPS) is 21.1. The van der Waals surface area contributed by atoms with Crippen LogP contribution in [0.4, 0.5) is 0 Å². The molecular weight excluding hydrogens is 220 g/mol. The second-order valence-corrected chi connectivity index (χ2v) is 5.94. The van der Waals surface area contributed by atoms with E-state index < -0.39 is 0 Å². The molecule has 0 aromatic carbocycles. The summed E-state index contributed by atoms with van der Waals surface area (Å²) >= 11 is 1.98. The quantitative estimate of drug-likeness (QED) is 0.692. The maximum atomic E-state index is 11.6. The molecule has 16 heavy (non-hydrogen) atoms. The Kier molecular flexibility index (Phi) is 6.21. The zero-order valence-electron chi connectivity index (χ0n) is 10.7. The molecule has 1 atom stereocenters. The summed E-state index contributed by atoms with van der Waals surface area (Å²) in [5, 5.41) is 3.48. The van der Waals surface area contributed by atoms with Crippen molar-refractivity contribution in [1.29, 1.82) is 0 Å². The number of hydrogen-bond acceptors (Lipinski definition) is 3. The van der Waals surface area contributed by atoms with Crippen LogP contribution in [0, 0.1) is 0 Å². The average Bonchev–Trinajstić information content (AvgIpc) is 2.59. The lowest BCUT2D eigenvalue weighted by atomic mass is 10.2. The largest absolute Gasteiger partial charge is 0.339 e. The molecule has 0 aromatic rings. The highest BCUT2D eigenvalue weighted by molar-refractivity contribution is 7.99. The highest BCUT2D eigenvalue weighted by atomic mass is 32.2. The van der Waals surface area contributed by atoms with Crippen LogP contribution in [0.3, 0.4) is 0 Å². The number of nitrogens with zero attached hydrogens (tertiary/aromatic N) is 1. The van der Waals surface area contributed by atoms with Crippen molar-refractivity contribution < 1.29 is 4.79 Å². The van der Waals surface area contributed by atoms with Crippen LogP contribution in [0.25, 0.3) is 0 Å². The predicted molar refractivity (Wildman–Crippen MR) is 70.9 cm³/mol. The standard InChI is InChI=1S/C12H24N2OS/c1-4-16-7-5-6-13-11-8-12(15)14(9-11)10(2)3/h10-11,13H,4-9H2,1-3H3. The molecule has 1 unspecified atom stereocenters. The van der Waals surface area contributed by atoms with Gasteiger partial charge in [0.25, 0.3) is 0 Å². The van der Waals surface area contributed by atoms with E-state index in [1.165, 1.54) is 17.9 Å². The molecule has 1 rings (SSSR count). The van der Waals surface area contributed by atoms with Gasteiger partial charge in [0.2, 0.25) is 5.91 Å². The van der Waals surface area contributed by atoms with Crippen LogP contribution in [0.1, 0.15) is 33.6 Å². The summed E-state index contributed by atoms with van der Waals surface area (Å²) in [7, 11) is 0. The number of carbonyl (C=O) groups excluding carboxylic acids is 1. The first-order chi connectivity index (χ1) is 7.65. The van der Waals surface area contributed by atoms with Gasteiger partial charge in [0.05, 0.1) is 0 Å². The smallest absolute Gasteiger partial charge is 0.224 e. The van der Waals surface area contributed by atoms with Gasteiger partial charge in [0, 0.05) is 25.0 Å². The molecule has 0 spiro atoms. The molecule has 0 aromatic heterocycles. The van der Waals surface area contributed by atoms with E-state index >= 15 is 0 Å². The Morgan fingerprint density at radius 3 is 2.88 bits per heavy atom. The molecule has 1 fully saturated rings.